The standard InChI is InChI=1S/C12H16O4S/c1-9-2-4-10(5-3-9)17(15,16)11-6-12(11,7-13)8-14/h2-5,11,13-14H,6-8H2,1H3/t11-/m0/s1. The minimum atomic E-state index is -3.43. The molecular weight excluding hydrogens is 240 g/mol. The Morgan fingerprint density at radius 1 is 1.24 bits per heavy atom. The van der Waals surface area contributed by atoms with Crippen LogP contribution in [0.2, 0.25) is 0 Å². The molecule has 1 atom stereocenters. The van der Waals surface area contributed by atoms with Gasteiger partial charge in [-0.25, -0.2) is 8.42 Å². The maximum absolute atomic E-state index is 12.2. The molecule has 1 aromatic carbocycles. The summed E-state index contributed by atoms with van der Waals surface area (Å²) in [6.45, 7) is 1.30. The quantitative estimate of drug-likeness (QED) is 0.823. The molecule has 1 aliphatic rings. The monoisotopic (exact) mass is 256 g/mol. The predicted molar refractivity (Wildman–Crippen MR) is 63.4 cm³/mol. The molecule has 0 bridgehead atoms. The highest BCUT2D eigenvalue weighted by atomic mass is 32.2. The smallest absolute Gasteiger partial charge is 0.181 e. The second kappa shape index (κ2) is 4.08. The SMILES string of the molecule is Cc1ccc(S(=O)(=O)[C@H]2CC2(CO)CO)cc1. The van der Waals surface area contributed by atoms with E-state index in [4.69, 9.17) is 10.2 Å². The van der Waals surface area contributed by atoms with Crippen molar-refractivity contribution in [1.82, 2.24) is 0 Å². The van der Waals surface area contributed by atoms with E-state index >= 15 is 0 Å². The summed E-state index contributed by atoms with van der Waals surface area (Å²) < 4.78 is 24.4. The van der Waals surface area contributed by atoms with Crippen LogP contribution >= 0.6 is 0 Å². The van der Waals surface area contributed by atoms with Gasteiger partial charge in [-0.1, -0.05) is 17.7 Å². The van der Waals surface area contributed by atoms with Gasteiger partial charge in [-0.2, -0.15) is 0 Å². The molecule has 0 heterocycles. The van der Waals surface area contributed by atoms with Gasteiger partial charge in [0.1, 0.15) is 0 Å². The van der Waals surface area contributed by atoms with Crippen molar-refractivity contribution in [2.45, 2.75) is 23.5 Å². The molecule has 0 aromatic heterocycles. The number of rotatable bonds is 4. The van der Waals surface area contributed by atoms with Crippen LogP contribution in [0.1, 0.15) is 12.0 Å². The van der Waals surface area contributed by atoms with Crippen LogP contribution in [-0.4, -0.2) is 37.1 Å². The molecule has 1 aliphatic carbocycles. The highest BCUT2D eigenvalue weighted by molar-refractivity contribution is 7.92. The lowest BCUT2D eigenvalue weighted by molar-refractivity contribution is 0.134. The van der Waals surface area contributed by atoms with Crippen LogP contribution in [0.5, 0.6) is 0 Å². The van der Waals surface area contributed by atoms with Gasteiger partial charge in [0, 0.05) is 5.41 Å². The first-order chi connectivity index (χ1) is 7.96. The van der Waals surface area contributed by atoms with E-state index < -0.39 is 20.5 Å². The Labute approximate surface area is 101 Å². The van der Waals surface area contributed by atoms with E-state index in [1.54, 1.807) is 24.3 Å². The van der Waals surface area contributed by atoms with Crippen LogP contribution in [0.4, 0.5) is 0 Å². The lowest BCUT2D eigenvalue weighted by atomic mass is 10.1. The van der Waals surface area contributed by atoms with Gasteiger partial charge in [-0.3, -0.25) is 0 Å². The molecule has 2 rings (SSSR count). The lowest BCUT2D eigenvalue weighted by Gasteiger charge is -2.11. The van der Waals surface area contributed by atoms with Crippen molar-refractivity contribution in [2.24, 2.45) is 5.41 Å². The minimum Gasteiger partial charge on any atom is -0.396 e. The fourth-order valence-corrected chi connectivity index (χ4v) is 4.23. The number of hydrogen-bond donors (Lipinski definition) is 2. The van der Waals surface area contributed by atoms with E-state index in [1.165, 1.54) is 0 Å². The topological polar surface area (TPSA) is 74.6 Å². The zero-order valence-electron chi connectivity index (χ0n) is 9.63. The molecule has 1 aromatic rings. The number of aliphatic hydroxyl groups is 2. The normalized spacial score (nSPS) is 22.4. The van der Waals surface area contributed by atoms with E-state index in [0.29, 0.717) is 6.42 Å². The summed E-state index contributed by atoms with van der Waals surface area (Å²) in [5.41, 5.74) is 0.152. The maximum Gasteiger partial charge on any atom is 0.181 e. The molecule has 1 fully saturated rings. The first-order valence-electron chi connectivity index (χ1n) is 5.48. The van der Waals surface area contributed by atoms with Gasteiger partial charge in [-0.05, 0) is 25.5 Å². The largest absolute Gasteiger partial charge is 0.396 e. The number of aryl methyl sites for hydroxylation is 1. The molecular formula is C12H16O4S. The number of hydrogen-bond acceptors (Lipinski definition) is 4. The van der Waals surface area contributed by atoms with E-state index in [1.807, 2.05) is 6.92 Å². The molecule has 0 unspecified atom stereocenters. The highest BCUT2D eigenvalue weighted by Crippen LogP contribution is 2.51. The van der Waals surface area contributed by atoms with Crippen LogP contribution < -0.4 is 0 Å². The molecule has 0 spiro atoms. The van der Waals surface area contributed by atoms with Gasteiger partial charge in [0.15, 0.2) is 9.84 Å². The predicted octanol–water partition coefficient (Wildman–Crippen LogP) is 0.512. The Hall–Kier alpha value is -0.910. The van der Waals surface area contributed by atoms with E-state index in [0.717, 1.165) is 5.56 Å². The summed E-state index contributed by atoms with van der Waals surface area (Å²) in [6.07, 6.45) is 0.330. The fraction of sp³-hybridized carbons (Fsp3) is 0.500. The average Bonchev–Trinajstić information content (AvgIpc) is 3.06. The van der Waals surface area contributed by atoms with Crippen molar-refractivity contribution in [3.63, 3.8) is 0 Å². The molecule has 17 heavy (non-hydrogen) atoms. The van der Waals surface area contributed by atoms with Crippen LogP contribution in [0.3, 0.4) is 0 Å². The summed E-state index contributed by atoms with van der Waals surface area (Å²) in [5.74, 6) is 0. The first kappa shape index (κ1) is 12.5. The summed E-state index contributed by atoms with van der Waals surface area (Å²) in [5, 5.41) is 17.7. The van der Waals surface area contributed by atoms with Crippen molar-refractivity contribution >= 4 is 9.84 Å². The van der Waals surface area contributed by atoms with Crippen molar-refractivity contribution < 1.29 is 18.6 Å². The Kier molecular flexibility index (Phi) is 3.01. The third kappa shape index (κ3) is 1.99. The van der Waals surface area contributed by atoms with Gasteiger partial charge < -0.3 is 10.2 Å². The number of aliphatic hydroxyl groups excluding tert-OH is 2. The van der Waals surface area contributed by atoms with E-state index in [2.05, 4.69) is 0 Å². The van der Waals surface area contributed by atoms with Crippen molar-refractivity contribution in [3.05, 3.63) is 29.8 Å². The Morgan fingerprint density at radius 3 is 2.18 bits per heavy atom. The first-order valence-corrected chi connectivity index (χ1v) is 7.03. The maximum atomic E-state index is 12.2. The molecule has 2 N–H and O–H groups in total. The van der Waals surface area contributed by atoms with Crippen molar-refractivity contribution in [2.75, 3.05) is 13.2 Å². The molecule has 5 heteroatoms. The second-order valence-electron chi connectivity index (χ2n) is 4.73. The van der Waals surface area contributed by atoms with Gasteiger partial charge in [0.05, 0.1) is 23.4 Å². The van der Waals surface area contributed by atoms with Crippen LogP contribution in [0.15, 0.2) is 29.2 Å². The van der Waals surface area contributed by atoms with Crippen LogP contribution in [0.25, 0.3) is 0 Å². The third-order valence-electron chi connectivity index (χ3n) is 3.47. The van der Waals surface area contributed by atoms with Gasteiger partial charge in [-0.15, -0.1) is 0 Å². The third-order valence-corrected chi connectivity index (χ3v) is 5.81. The summed E-state index contributed by atoms with van der Waals surface area (Å²) >= 11 is 0. The summed E-state index contributed by atoms with van der Waals surface area (Å²) in [7, 11) is -3.43. The van der Waals surface area contributed by atoms with Gasteiger partial charge >= 0.3 is 0 Å². The van der Waals surface area contributed by atoms with E-state index in [9.17, 15) is 8.42 Å². The Morgan fingerprint density at radius 2 is 1.76 bits per heavy atom. The average molecular weight is 256 g/mol. The second-order valence-corrected chi connectivity index (χ2v) is 6.86. The van der Waals surface area contributed by atoms with Gasteiger partial charge in [0.2, 0.25) is 0 Å². The zero-order valence-corrected chi connectivity index (χ0v) is 10.4. The molecule has 0 amide bonds. The highest BCUT2D eigenvalue weighted by Gasteiger charge is 2.60. The fourth-order valence-electron chi connectivity index (χ4n) is 2.02. The van der Waals surface area contributed by atoms with Crippen LogP contribution in [0, 0.1) is 12.3 Å². The lowest BCUT2D eigenvalue weighted by Crippen LogP contribution is -2.22. The number of benzene rings is 1. The summed E-state index contributed by atoms with van der Waals surface area (Å²) in [6, 6.07) is 6.63. The molecule has 0 radical (unpaired) electrons. The van der Waals surface area contributed by atoms with Crippen LogP contribution in [-0.2, 0) is 9.84 Å². The molecule has 0 aliphatic heterocycles. The number of sulfone groups is 1. The van der Waals surface area contributed by atoms with E-state index in [-0.39, 0.29) is 18.1 Å². The van der Waals surface area contributed by atoms with Crippen molar-refractivity contribution in [3.8, 4) is 0 Å². The van der Waals surface area contributed by atoms with Gasteiger partial charge in [0.25, 0.3) is 0 Å². The Bertz CT molecular complexity index is 500. The molecule has 0 saturated heterocycles. The Balaban J connectivity index is 2.30. The molecule has 4 nitrogen and oxygen atoms in total. The molecule has 1 saturated carbocycles. The van der Waals surface area contributed by atoms with Crippen molar-refractivity contribution in [1.29, 1.82) is 0 Å². The molecule has 94 valence electrons. The zero-order chi connectivity index (χ0) is 12.7. The minimum absolute atomic E-state index is 0.261. The summed E-state index contributed by atoms with van der Waals surface area (Å²) in [4.78, 5) is 0.261.